The van der Waals surface area contributed by atoms with Gasteiger partial charge < -0.3 is 35.4 Å². The molecule has 0 spiro atoms. The van der Waals surface area contributed by atoms with Crippen molar-refractivity contribution in [2.45, 2.75) is 78.2 Å². The first-order chi connectivity index (χ1) is 16.7. The number of fused-ring (bicyclic) bond motifs is 1. The highest BCUT2D eigenvalue weighted by Crippen LogP contribution is 2.28. The third-order valence-electron chi connectivity index (χ3n) is 6.13. The van der Waals surface area contributed by atoms with E-state index < -0.39 is 6.04 Å². The standard InChI is InChI=1S/C26H44N4O5/c1-17(2)28-26(33)29-21-10-11-23-22(13-21)25(32)30(19(4)16-31)15-18(3)24(14-27-6)34-12-8-7-9-20(5)35-23/h10-11,13,17-20,24,27,31H,7-9,12,14-16H2,1-6H3,(H2,28,29,33)/t18-,19+,20-,24-/m0/s1. The van der Waals surface area contributed by atoms with Crippen LogP contribution in [-0.4, -0.2) is 79.6 Å². The molecule has 1 aromatic carbocycles. The van der Waals surface area contributed by atoms with Crippen LogP contribution in [0.25, 0.3) is 0 Å². The normalized spacial score (nSPS) is 23.1. The van der Waals surface area contributed by atoms with E-state index in [0.717, 1.165) is 19.3 Å². The van der Waals surface area contributed by atoms with Crippen LogP contribution in [0, 0.1) is 5.92 Å². The summed E-state index contributed by atoms with van der Waals surface area (Å²) in [4.78, 5) is 27.8. The van der Waals surface area contributed by atoms with Crippen LogP contribution in [0.1, 0.15) is 64.2 Å². The molecule has 1 aliphatic rings. The van der Waals surface area contributed by atoms with E-state index in [0.29, 0.717) is 36.7 Å². The van der Waals surface area contributed by atoms with Crippen molar-refractivity contribution in [2.24, 2.45) is 5.92 Å². The molecule has 0 aromatic heterocycles. The Balaban J connectivity index is 2.46. The molecule has 0 saturated heterocycles. The highest BCUT2D eigenvalue weighted by molar-refractivity contribution is 5.99. The SMILES string of the molecule is CNC[C@@H]1OCCCC[C@H](C)Oc2ccc(NC(=O)NC(C)C)cc2C(=O)N([C@H](C)CO)C[C@@H]1C. The number of hydrogen-bond acceptors (Lipinski definition) is 6. The van der Waals surface area contributed by atoms with Crippen molar-refractivity contribution in [3.8, 4) is 5.75 Å². The van der Waals surface area contributed by atoms with Gasteiger partial charge >= 0.3 is 6.03 Å². The summed E-state index contributed by atoms with van der Waals surface area (Å²) in [5.74, 6) is 0.249. The highest BCUT2D eigenvalue weighted by atomic mass is 16.5. The van der Waals surface area contributed by atoms with Crippen LogP contribution < -0.4 is 20.7 Å². The van der Waals surface area contributed by atoms with Gasteiger partial charge in [0.2, 0.25) is 0 Å². The second kappa shape index (κ2) is 14.3. The Morgan fingerprint density at radius 2 is 1.97 bits per heavy atom. The number of benzene rings is 1. The molecule has 3 amide bonds. The number of nitrogens with zero attached hydrogens (tertiary/aromatic N) is 1. The Kier molecular flexibility index (Phi) is 11.8. The monoisotopic (exact) mass is 492 g/mol. The predicted octanol–water partition coefficient (Wildman–Crippen LogP) is 3.23. The second-order valence-corrected chi connectivity index (χ2v) is 9.82. The molecule has 0 bridgehead atoms. The summed E-state index contributed by atoms with van der Waals surface area (Å²) in [6, 6.07) is 4.36. The van der Waals surface area contributed by atoms with E-state index in [1.807, 2.05) is 34.7 Å². The van der Waals surface area contributed by atoms with Crippen LogP contribution in [0.5, 0.6) is 5.75 Å². The Morgan fingerprint density at radius 3 is 2.63 bits per heavy atom. The average molecular weight is 493 g/mol. The molecule has 0 aliphatic carbocycles. The van der Waals surface area contributed by atoms with Crippen LogP contribution in [0.4, 0.5) is 10.5 Å². The van der Waals surface area contributed by atoms with E-state index in [1.54, 1.807) is 23.1 Å². The zero-order chi connectivity index (χ0) is 26.0. The van der Waals surface area contributed by atoms with Crippen molar-refractivity contribution in [3.05, 3.63) is 23.8 Å². The van der Waals surface area contributed by atoms with Crippen molar-refractivity contribution >= 4 is 17.6 Å². The first kappa shape index (κ1) is 28.9. The number of hydrogen-bond donors (Lipinski definition) is 4. The maximum Gasteiger partial charge on any atom is 0.319 e. The lowest BCUT2D eigenvalue weighted by Crippen LogP contribution is -2.47. The summed E-state index contributed by atoms with van der Waals surface area (Å²) in [5.41, 5.74) is 0.850. The van der Waals surface area contributed by atoms with Crippen molar-refractivity contribution in [2.75, 3.05) is 38.7 Å². The van der Waals surface area contributed by atoms with Crippen molar-refractivity contribution in [1.82, 2.24) is 15.5 Å². The lowest BCUT2D eigenvalue weighted by atomic mass is 10.0. The molecule has 0 unspecified atom stereocenters. The van der Waals surface area contributed by atoms with Gasteiger partial charge in [0.05, 0.1) is 30.4 Å². The number of anilines is 1. The lowest BCUT2D eigenvalue weighted by Gasteiger charge is -2.34. The largest absolute Gasteiger partial charge is 0.490 e. The van der Waals surface area contributed by atoms with Crippen LogP contribution >= 0.6 is 0 Å². The van der Waals surface area contributed by atoms with Crippen molar-refractivity contribution < 1.29 is 24.2 Å². The number of nitrogens with one attached hydrogen (secondary N) is 3. The van der Waals surface area contributed by atoms with Gasteiger partial charge in [-0.3, -0.25) is 4.79 Å². The fourth-order valence-corrected chi connectivity index (χ4v) is 4.12. The molecule has 4 atom stereocenters. The minimum absolute atomic E-state index is 0.0201. The lowest BCUT2D eigenvalue weighted by molar-refractivity contribution is -0.000451. The van der Waals surface area contributed by atoms with Crippen LogP contribution in [0.2, 0.25) is 0 Å². The Labute approximate surface area is 209 Å². The van der Waals surface area contributed by atoms with E-state index >= 15 is 0 Å². The first-order valence-electron chi connectivity index (χ1n) is 12.7. The van der Waals surface area contributed by atoms with Gasteiger partial charge in [0.25, 0.3) is 5.91 Å². The average Bonchev–Trinajstić information content (AvgIpc) is 2.80. The second-order valence-electron chi connectivity index (χ2n) is 9.82. The Morgan fingerprint density at radius 1 is 1.23 bits per heavy atom. The van der Waals surface area contributed by atoms with Crippen molar-refractivity contribution in [1.29, 1.82) is 0 Å². The number of amides is 3. The number of likely N-dealkylation sites (N-methyl/N-ethyl adjacent to an activating group) is 1. The maximum atomic E-state index is 13.9. The van der Waals surface area contributed by atoms with Gasteiger partial charge in [-0.1, -0.05) is 6.92 Å². The number of carbonyl (C=O) groups is 2. The summed E-state index contributed by atoms with van der Waals surface area (Å²) < 4.78 is 12.4. The molecule has 0 fully saturated rings. The van der Waals surface area contributed by atoms with Crippen LogP contribution in [-0.2, 0) is 4.74 Å². The smallest absolute Gasteiger partial charge is 0.319 e. The molecule has 2 rings (SSSR count). The van der Waals surface area contributed by atoms with E-state index in [-0.39, 0.29) is 42.7 Å². The van der Waals surface area contributed by atoms with Gasteiger partial charge in [0.1, 0.15) is 5.75 Å². The quantitative estimate of drug-likeness (QED) is 0.485. The third-order valence-corrected chi connectivity index (χ3v) is 6.13. The topological polar surface area (TPSA) is 112 Å². The van der Waals surface area contributed by atoms with E-state index in [4.69, 9.17) is 9.47 Å². The summed E-state index contributed by atoms with van der Waals surface area (Å²) in [6.07, 6.45) is 2.55. The van der Waals surface area contributed by atoms with Crippen molar-refractivity contribution in [3.63, 3.8) is 0 Å². The van der Waals surface area contributed by atoms with Gasteiger partial charge in [-0.2, -0.15) is 0 Å². The van der Waals surface area contributed by atoms with Crippen LogP contribution in [0.15, 0.2) is 18.2 Å². The highest BCUT2D eigenvalue weighted by Gasteiger charge is 2.29. The van der Waals surface area contributed by atoms with Gasteiger partial charge in [-0.25, -0.2) is 4.79 Å². The number of urea groups is 1. The molecular weight excluding hydrogens is 448 g/mol. The fraction of sp³-hybridized carbons (Fsp3) is 0.692. The van der Waals surface area contributed by atoms with E-state index in [9.17, 15) is 14.7 Å². The Hall–Kier alpha value is -2.36. The summed E-state index contributed by atoms with van der Waals surface area (Å²) >= 11 is 0. The third kappa shape index (κ3) is 8.98. The molecule has 4 N–H and O–H groups in total. The van der Waals surface area contributed by atoms with Crippen LogP contribution in [0.3, 0.4) is 0 Å². The number of aliphatic hydroxyl groups excluding tert-OH is 1. The van der Waals surface area contributed by atoms with Gasteiger partial charge in [0, 0.05) is 37.3 Å². The molecule has 35 heavy (non-hydrogen) atoms. The summed E-state index contributed by atoms with van der Waals surface area (Å²) in [7, 11) is 1.89. The molecule has 0 radical (unpaired) electrons. The predicted molar refractivity (Wildman–Crippen MR) is 138 cm³/mol. The molecule has 0 saturated carbocycles. The minimum atomic E-state index is -0.404. The Bertz CT molecular complexity index is 819. The summed E-state index contributed by atoms with van der Waals surface area (Å²) in [5, 5.41) is 18.7. The number of carbonyl (C=O) groups excluding carboxylic acids is 2. The minimum Gasteiger partial charge on any atom is -0.490 e. The fourth-order valence-electron chi connectivity index (χ4n) is 4.12. The molecule has 1 aromatic rings. The molecule has 198 valence electrons. The molecular formula is C26H44N4O5. The summed E-state index contributed by atoms with van der Waals surface area (Å²) in [6.45, 7) is 11.2. The number of rotatable bonds is 6. The zero-order valence-electron chi connectivity index (χ0n) is 22.1. The van der Waals surface area contributed by atoms with Gasteiger partial charge in [0.15, 0.2) is 0 Å². The first-order valence-corrected chi connectivity index (χ1v) is 12.7. The molecule has 1 heterocycles. The van der Waals surface area contributed by atoms with E-state index in [1.165, 1.54) is 0 Å². The van der Waals surface area contributed by atoms with Gasteiger partial charge in [-0.05, 0) is 72.2 Å². The number of aliphatic hydroxyl groups is 1. The van der Waals surface area contributed by atoms with Gasteiger partial charge in [-0.15, -0.1) is 0 Å². The van der Waals surface area contributed by atoms with E-state index in [2.05, 4.69) is 22.9 Å². The zero-order valence-corrected chi connectivity index (χ0v) is 22.1. The number of ether oxygens (including phenoxy) is 2. The molecule has 1 aliphatic heterocycles. The molecule has 9 nitrogen and oxygen atoms in total. The maximum absolute atomic E-state index is 13.9. The molecule has 9 heteroatoms.